The molecule has 112 valence electrons. The molecule has 0 fully saturated rings. The van der Waals surface area contributed by atoms with E-state index in [0.29, 0.717) is 34.1 Å². The zero-order valence-electron chi connectivity index (χ0n) is 12.6. The van der Waals surface area contributed by atoms with Crippen molar-refractivity contribution >= 4 is 28.2 Å². The molecule has 1 rings (SSSR count). The van der Waals surface area contributed by atoms with Crippen molar-refractivity contribution in [2.45, 2.75) is 40.7 Å². The summed E-state index contributed by atoms with van der Waals surface area (Å²) < 4.78 is 5.17. The molecular formula is C14H22N2O3S. The lowest BCUT2D eigenvalue weighted by molar-refractivity contribution is 0.0383. The van der Waals surface area contributed by atoms with Crippen LogP contribution in [0.4, 0.5) is 5.00 Å². The summed E-state index contributed by atoms with van der Waals surface area (Å²) in [5.74, 6) is -0.558. The van der Waals surface area contributed by atoms with Crippen molar-refractivity contribution in [1.82, 2.24) is 4.90 Å². The minimum atomic E-state index is -0.423. The highest BCUT2D eigenvalue weighted by Crippen LogP contribution is 2.32. The summed E-state index contributed by atoms with van der Waals surface area (Å²) in [7, 11) is 0. The summed E-state index contributed by atoms with van der Waals surface area (Å²) >= 11 is 1.11. The van der Waals surface area contributed by atoms with Crippen molar-refractivity contribution in [3.05, 3.63) is 16.0 Å². The molecule has 20 heavy (non-hydrogen) atoms. The number of nitrogens with two attached hydrogens (primary N) is 1. The number of ether oxygens (including phenoxy) is 1. The number of thiophene rings is 1. The summed E-state index contributed by atoms with van der Waals surface area (Å²) in [4.78, 5) is 26.5. The van der Waals surface area contributed by atoms with Crippen LogP contribution in [0, 0.1) is 6.92 Å². The maximum atomic E-state index is 12.4. The van der Waals surface area contributed by atoms with Gasteiger partial charge in [-0.05, 0) is 40.2 Å². The topological polar surface area (TPSA) is 72.6 Å². The summed E-state index contributed by atoms with van der Waals surface area (Å²) in [6.45, 7) is 10.3. The van der Waals surface area contributed by atoms with Crippen LogP contribution in [0.25, 0.3) is 0 Å². The quantitative estimate of drug-likeness (QED) is 0.848. The number of amides is 1. The van der Waals surface area contributed by atoms with Gasteiger partial charge in [0.2, 0.25) is 0 Å². The number of rotatable bonds is 5. The fourth-order valence-electron chi connectivity index (χ4n) is 1.93. The largest absolute Gasteiger partial charge is 0.459 e. The third-order valence-corrected chi connectivity index (χ3v) is 4.07. The van der Waals surface area contributed by atoms with Crippen molar-refractivity contribution in [2.75, 3.05) is 18.8 Å². The average molecular weight is 298 g/mol. The van der Waals surface area contributed by atoms with Crippen LogP contribution in [0.3, 0.4) is 0 Å². The highest BCUT2D eigenvalue weighted by atomic mass is 32.1. The second kappa shape index (κ2) is 6.74. The van der Waals surface area contributed by atoms with E-state index < -0.39 is 5.97 Å². The number of hydrogen-bond donors (Lipinski definition) is 1. The summed E-state index contributed by atoms with van der Waals surface area (Å²) in [6, 6.07) is 0. The summed E-state index contributed by atoms with van der Waals surface area (Å²) in [5, 5.41) is 0.370. The Morgan fingerprint density at radius 3 is 2.30 bits per heavy atom. The van der Waals surface area contributed by atoms with E-state index in [0.717, 1.165) is 11.3 Å². The van der Waals surface area contributed by atoms with Crippen LogP contribution >= 0.6 is 11.3 Å². The number of nitrogens with zero attached hydrogens (tertiary/aromatic N) is 1. The molecule has 0 aliphatic heterocycles. The first kappa shape index (κ1) is 16.5. The van der Waals surface area contributed by atoms with Gasteiger partial charge in [0.05, 0.1) is 16.7 Å². The molecule has 0 aliphatic rings. The normalized spacial score (nSPS) is 10.7. The third-order valence-electron chi connectivity index (χ3n) is 2.97. The number of nitrogen functional groups attached to an aromatic ring is 1. The molecule has 2 N–H and O–H groups in total. The number of carbonyl (C=O) groups is 2. The predicted octanol–water partition coefficient (Wildman–Crippen LogP) is 2.69. The van der Waals surface area contributed by atoms with Crippen LogP contribution in [0.2, 0.25) is 0 Å². The molecule has 0 saturated heterocycles. The lowest BCUT2D eigenvalue weighted by Gasteiger charge is -2.18. The Morgan fingerprint density at radius 1 is 1.30 bits per heavy atom. The first-order valence-electron chi connectivity index (χ1n) is 6.72. The van der Waals surface area contributed by atoms with E-state index in [9.17, 15) is 9.59 Å². The maximum Gasteiger partial charge on any atom is 0.348 e. The van der Waals surface area contributed by atoms with Gasteiger partial charge < -0.3 is 15.4 Å². The minimum Gasteiger partial charge on any atom is -0.459 e. The van der Waals surface area contributed by atoms with E-state index in [1.807, 2.05) is 13.8 Å². The van der Waals surface area contributed by atoms with Gasteiger partial charge in [-0.2, -0.15) is 0 Å². The van der Waals surface area contributed by atoms with Crippen molar-refractivity contribution in [3.8, 4) is 0 Å². The molecular weight excluding hydrogens is 276 g/mol. The first-order valence-corrected chi connectivity index (χ1v) is 7.54. The van der Waals surface area contributed by atoms with Gasteiger partial charge in [0, 0.05) is 13.1 Å². The Bertz CT molecular complexity index is 505. The number of carbonyl (C=O) groups excluding carboxylic acids is 2. The molecule has 0 unspecified atom stereocenters. The standard InChI is InChI=1S/C14H22N2O3S/c1-6-16(7-2)13(17)10-9(5)11(20-12(10)15)14(18)19-8(3)4/h8H,6-7,15H2,1-5H3. The van der Waals surface area contributed by atoms with E-state index in [1.165, 1.54) is 0 Å². The first-order chi connectivity index (χ1) is 9.33. The molecule has 0 spiro atoms. The van der Waals surface area contributed by atoms with E-state index in [4.69, 9.17) is 10.5 Å². The molecule has 0 aliphatic carbocycles. The molecule has 0 aromatic carbocycles. The van der Waals surface area contributed by atoms with Crippen molar-refractivity contribution in [1.29, 1.82) is 0 Å². The zero-order valence-corrected chi connectivity index (χ0v) is 13.5. The van der Waals surface area contributed by atoms with Crippen molar-refractivity contribution in [2.24, 2.45) is 0 Å². The molecule has 0 bridgehead atoms. The second-order valence-corrected chi connectivity index (χ2v) is 5.78. The van der Waals surface area contributed by atoms with Crippen LogP contribution in [0.5, 0.6) is 0 Å². The highest BCUT2D eigenvalue weighted by Gasteiger charge is 2.26. The Kier molecular flexibility index (Phi) is 5.56. The van der Waals surface area contributed by atoms with Gasteiger partial charge in [-0.1, -0.05) is 0 Å². The summed E-state index contributed by atoms with van der Waals surface area (Å²) in [6.07, 6.45) is -0.202. The SMILES string of the molecule is CCN(CC)C(=O)c1c(N)sc(C(=O)OC(C)C)c1C. The van der Waals surface area contributed by atoms with E-state index in [-0.39, 0.29) is 12.0 Å². The van der Waals surface area contributed by atoms with Gasteiger partial charge in [-0.25, -0.2) is 4.79 Å². The fourth-order valence-corrected chi connectivity index (χ4v) is 2.88. The van der Waals surface area contributed by atoms with Crippen LogP contribution in [0.1, 0.15) is 53.3 Å². The van der Waals surface area contributed by atoms with E-state index in [2.05, 4.69) is 0 Å². The zero-order chi connectivity index (χ0) is 15.4. The molecule has 1 aromatic heterocycles. The molecule has 1 heterocycles. The summed E-state index contributed by atoms with van der Waals surface area (Å²) in [5.41, 5.74) is 6.95. The maximum absolute atomic E-state index is 12.4. The lowest BCUT2D eigenvalue weighted by Crippen LogP contribution is -2.31. The Labute approximate surface area is 123 Å². The van der Waals surface area contributed by atoms with Crippen LogP contribution in [0.15, 0.2) is 0 Å². The molecule has 1 amide bonds. The Balaban J connectivity index is 3.15. The minimum absolute atomic E-state index is 0.134. The molecule has 6 heteroatoms. The smallest absolute Gasteiger partial charge is 0.348 e. The van der Waals surface area contributed by atoms with Gasteiger partial charge in [0.15, 0.2) is 0 Å². The Hall–Kier alpha value is -1.56. The molecule has 0 radical (unpaired) electrons. The van der Waals surface area contributed by atoms with Gasteiger partial charge in [0.25, 0.3) is 5.91 Å². The lowest BCUT2D eigenvalue weighted by atomic mass is 10.1. The van der Waals surface area contributed by atoms with Gasteiger partial charge in [-0.15, -0.1) is 11.3 Å². The van der Waals surface area contributed by atoms with E-state index >= 15 is 0 Å². The van der Waals surface area contributed by atoms with Gasteiger partial charge in [-0.3, -0.25) is 4.79 Å². The average Bonchev–Trinajstić information content (AvgIpc) is 2.65. The van der Waals surface area contributed by atoms with Crippen LogP contribution in [-0.4, -0.2) is 36.0 Å². The monoisotopic (exact) mass is 298 g/mol. The highest BCUT2D eigenvalue weighted by molar-refractivity contribution is 7.18. The van der Waals surface area contributed by atoms with Gasteiger partial charge in [0.1, 0.15) is 4.88 Å². The van der Waals surface area contributed by atoms with Crippen molar-refractivity contribution in [3.63, 3.8) is 0 Å². The number of hydrogen-bond acceptors (Lipinski definition) is 5. The molecule has 1 aromatic rings. The number of anilines is 1. The van der Waals surface area contributed by atoms with Crippen molar-refractivity contribution < 1.29 is 14.3 Å². The third kappa shape index (κ3) is 3.30. The number of esters is 1. The van der Waals surface area contributed by atoms with Crippen LogP contribution < -0.4 is 5.73 Å². The Morgan fingerprint density at radius 2 is 1.85 bits per heavy atom. The van der Waals surface area contributed by atoms with E-state index in [1.54, 1.807) is 25.7 Å². The predicted molar refractivity (Wildman–Crippen MR) is 81.3 cm³/mol. The molecule has 0 saturated carbocycles. The second-order valence-electron chi connectivity index (χ2n) is 4.73. The van der Waals surface area contributed by atoms with Crippen LogP contribution in [-0.2, 0) is 4.74 Å². The fraction of sp³-hybridized carbons (Fsp3) is 0.571. The molecule has 0 atom stereocenters. The van der Waals surface area contributed by atoms with Gasteiger partial charge >= 0.3 is 5.97 Å². The molecule has 5 nitrogen and oxygen atoms in total.